The molecule has 6 heteroatoms. The minimum absolute atomic E-state index is 0.0773. The number of aromatic nitrogens is 3. The molecule has 3 rings (SSSR count). The minimum Gasteiger partial charge on any atom is -0.469 e. The molecule has 0 aliphatic rings. The van der Waals surface area contributed by atoms with E-state index in [1.807, 2.05) is 30.3 Å². The van der Waals surface area contributed by atoms with Crippen molar-refractivity contribution in [2.75, 3.05) is 7.11 Å². The second-order valence-corrected chi connectivity index (χ2v) is 5.37. The Morgan fingerprint density at radius 2 is 2.04 bits per heavy atom. The molecule has 2 aromatic heterocycles. The van der Waals surface area contributed by atoms with Crippen molar-refractivity contribution in [3.8, 4) is 0 Å². The Morgan fingerprint density at radius 3 is 2.74 bits per heavy atom. The highest BCUT2D eigenvalue weighted by Gasteiger charge is 2.26. The molecule has 0 fully saturated rings. The van der Waals surface area contributed by atoms with Gasteiger partial charge in [-0.1, -0.05) is 24.3 Å². The fraction of sp³-hybridized carbons (Fsp3) is 0.235. The topological polar surface area (TPSA) is 87.8 Å². The van der Waals surface area contributed by atoms with Crippen LogP contribution >= 0.6 is 0 Å². The molecule has 6 nitrogen and oxygen atoms in total. The molecule has 118 valence electrons. The molecule has 2 N–H and O–H groups in total. The minimum atomic E-state index is -0.420. The number of carbonyl (C=O) groups is 1. The largest absolute Gasteiger partial charge is 0.469 e. The number of hydrogen-bond donors (Lipinski definition) is 2. The number of esters is 1. The van der Waals surface area contributed by atoms with Gasteiger partial charge >= 0.3 is 5.97 Å². The number of hydrogen-bond acceptors (Lipinski definition) is 4. The van der Waals surface area contributed by atoms with Gasteiger partial charge in [-0.15, -0.1) is 0 Å². The first-order valence-electron chi connectivity index (χ1n) is 7.29. The quantitative estimate of drug-likeness (QED) is 0.723. The van der Waals surface area contributed by atoms with E-state index in [2.05, 4.69) is 15.2 Å². The average molecular weight is 311 g/mol. The highest BCUT2D eigenvalue weighted by Crippen LogP contribution is 2.32. The van der Waals surface area contributed by atoms with Crippen LogP contribution in [0.2, 0.25) is 0 Å². The molecule has 0 amide bonds. The van der Waals surface area contributed by atoms with Crippen LogP contribution in [0.15, 0.2) is 41.3 Å². The lowest BCUT2D eigenvalue weighted by molar-refractivity contribution is -0.140. The van der Waals surface area contributed by atoms with E-state index in [1.165, 1.54) is 7.11 Å². The molecule has 0 saturated heterocycles. The van der Waals surface area contributed by atoms with Crippen molar-refractivity contribution in [3.63, 3.8) is 0 Å². The number of aryl methyl sites for hydroxylation is 1. The standard InChI is InChI=1S/C17H17N3O3/c1-10-15(17(22)20-19-10)13(9-14(21)23-2)12-7-3-5-11-6-4-8-18-16(11)12/h3-8,13H,9H2,1-2H3,(H2,19,20,22)/t13-/m1/s1. The van der Waals surface area contributed by atoms with Crippen LogP contribution < -0.4 is 5.56 Å². The van der Waals surface area contributed by atoms with Gasteiger partial charge in [-0.3, -0.25) is 19.7 Å². The molecular weight excluding hydrogens is 294 g/mol. The summed E-state index contributed by atoms with van der Waals surface area (Å²) in [5.41, 5.74) is 2.63. The highest BCUT2D eigenvalue weighted by molar-refractivity contribution is 5.83. The molecule has 1 atom stereocenters. The van der Waals surface area contributed by atoms with Crippen molar-refractivity contribution < 1.29 is 9.53 Å². The smallest absolute Gasteiger partial charge is 0.306 e. The predicted octanol–water partition coefficient (Wildman–Crippen LogP) is 2.25. The SMILES string of the molecule is COC(=O)C[C@@H](c1c(C)[nH][nH]c1=O)c1cccc2cccnc12. The van der Waals surface area contributed by atoms with Gasteiger partial charge in [0.25, 0.3) is 5.56 Å². The van der Waals surface area contributed by atoms with Gasteiger partial charge in [-0.25, -0.2) is 0 Å². The van der Waals surface area contributed by atoms with Gasteiger partial charge < -0.3 is 9.84 Å². The maximum absolute atomic E-state index is 12.2. The average Bonchev–Trinajstić information content (AvgIpc) is 2.91. The van der Waals surface area contributed by atoms with Crippen LogP contribution in [0.3, 0.4) is 0 Å². The van der Waals surface area contributed by atoms with Crippen LogP contribution in [-0.4, -0.2) is 28.3 Å². The van der Waals surface area contributed by atoms with E-state index in [0.717, 1.165) is 16.5 Å². The summed E-state index contributed by atoms with van der Waals surface area (Å²) in [6.07, 6.45) is 1.78. The van der Waals surface area contributed by atoms with Crippen molar-refractivity contribution in [2.24, 2.45) is 0 Å². The number of rotatable bonds is 4. The molecule has 0 spiro atoms. The number of nitrogens with one attached hydrogen (secondary N) is 2. The molecule has 2 heterocycles. The summed E-state index contributed by atoms with van der Waals surface area (Å²) in [6, 6.07) is 9.56. The molecule has 0 unspecified atom stereocenters. The number of H-pyrrole nitrogens is 2. The normalized spacial score (nSPS) is 12.3. The van der Waals surface area contributed by atoms with Gasteiger partial charge in [0.15, 0.2) is 0 Å². The maximum Gasteiger partial charge on any atom is 0.306 e. The first kappa shape index (κ1) is 15.0. The van der Waals surface area contributed by atoms with Gasteiger partial charge in [0.05, 0.1) is 19.0 Å². The fourth-order valence-electron chi connectivity index (χ4n) is 2.90. The summed E-state index contributed by atoms with van der Waals surface area (Å²) in [5.74, 6) is -0.793. The number of pyridine rings is 1. The van der Waals surface area contributed by atoms with Crippen molar-refractivity contribution in [2.45, 2.75) is 19.3 Å². The number of fused-ring (bicyclic) bond motifs is 1. The van der Waals surface area contributed by atoms with E-state index in [9.17, 15) is 9.59 Å². The number of para-hydroxylation sites is 1. The summed E-state index contributed by atoms with van der Waals surface area (Å²) in [5, 5.41) is 6.35. The van der Waals surface area contributed by atoms with Crippen LogP contribution in [0.25, 0.3) is 10.9 Å². The lowest BCUT2D eigenvalue weighted by atomic mass is 9.87. The van der Waals surface area contributed by atoms with Gasteiger partial charge in [-0.05, 0) is 18.6 Å². The van der Waals surface area contributed by atoms with E-state index in [1.54, 1.807) is 13.1 Å². The van der Waals surface area contributed by atoms with Crippen molar-refractivity contribution in [3.05, 3.63) is 63.7 Å². The Labute approximate surface area is 132 Å². The van der Waals surface area contributed by atoms with Crippen LogP contribution in [-0.2, 0) is 9.53 Å². The molecule has 3 aromatic rings. The van der Waals surface area contributed by atoms with E-state index >= 15 is 0 Å². The lowest BCUT2D eigenvalue weighted by Gasteiger charge is -2.17. The molecule has 0 bridgehead atoms. The van der Waals surface area contributed by atoms with E-state index in [0.29, 0.717) is 11.3 Å². The van der Waals surface area contributed by atoms with Crippen LogP contribution in [0.4, 0.5) is 0 Å². The molecule has 1 aromatic carbocycles. The third-order valence-electron chi connectivity index (χ3n) is 4.00. The monoisotopic (exact) mass is 311 g/mol. The molecule has 23 heavy (non-hydrogen) atoms. The zero-order valence-corrected chi connectivity index (χ0v) is 12.9. The van der Waals surface area contributed by atoms with Gasteiger partial charge in [0, 0.05) is 28.8 Å². The zero-order chi connectivity index (χ0) is 16.4. The maximum atomic E-state index is 12.2. The summed E-state index contributed by atoms with van der Waals surface area (Å²) >= 11 is 0. The van der Waals surface area contributed by atoms with Crippen LogP contribution in [0.5, 0.6) is 0 Å². The van der Waals surface area contributed by atoms with Crippen molar-refractivity contribution in [1.82, 2.24) is 15.2 Å². The summed E-state index contributed by atoms with van der Waals surface area (Å²) in [4.78, 5) is 28.5. The Hall–Kier alpha value is -2.89. The van der Waals surface area contributed by atoms with Crippen molar-refractivity contribution >= 4 is 16.9 Å². The fourth-order valence-corrected chi connectivity index (χ4v) is 2.90. The second-order valence-electron chi connectivity index (χ2n) is 5.37. The van der Waals surface area contributed by atoms with Crippen molar-refractivity contribution in [1.29, 1.82) is 0 Å². The number of ether oxygens (including phenoxy) is 1. The van der Waals surface area contributed by atoms with E-state index in [-0.39, 0.29) is 17.9 Å². The zero-order valence-electron chi connectivity index (χ0n) is 12.9. The summed E-state index contributed by atoms with van der Waals surface area (Å²) < 4.78 is 4.81. The van der Waals surface area contributed by atoms with Gasteiger partial charge in [0.1, 0.15) is 0 Å². The number of benzene rings is 1. The number of aromatic amines is 2. The van der Waals surface area contributed by atoms with E-state index < -0.39 is 5.92 Å². The Bertz CT molecular complexity index is 905. The third-order valence-corrected chi connectivity index (χ3v) is 4.00. The van der Waals surface area contributed by atoms with Crippen LogP contribution in [0, 0.1) is 6.92 Å². The first-order chi connectivity index (χ1) is 11.1. The molecule has 0 radical (unpaired) electrons. The Morgan fingerprint density at radius 1 is 1.26 bits per heavy atom. The second kappa shape index (κ2) is 6.08. The molecule has 0 aliphatic heterocycles. The summed E-state index contributed by atoms with van der Waals surface area (Å²) in [6.45, 7) is 1.80. The number of carbonyl (C=O) groups excluding carboxylic acids is 1. The number of nitrogens with zero attached hydrogens (tertiary/aromatic N) is 1. The summed E-state index contributed by atoms with van der Waals surface area (Å²) in [7, 11) is 1.34. The predicted molar refractivity (Wildman–Crippen MR) is 86.4 cm³/mol. The Balaban J connectivity index is 2.22. The van der Waals surface area contributed by atoms with Crippen LogP contribution in [0.1, 0.15) is 29.2 Å². The highest BCUT2D eigenvalue weighted by atomic mass is 16.5. The van der Waals surface area contributed by atoms with Gasteiger partial charge in [0.2, 0.25) is 0 Å². The van der Waals surface area contributed by atoms with Gasteiger partial charge in [-0.2, -0.15) is 0 Å². The molecular formula is C17H17N3O3. The van der Waals surface area contributed by atoms with E-state index in [4.69, 9.17) is 4.74 Å². The lowest BCUT2D eigenvalue weighted by Crippen LogP contribution is -2.17. The number of methoxy groups -OCH3 is 1. The molecule has 0 saturated carbocycles. The third kappa shape index (κ3) is 2.75. The molecule has 0 aliphatic carbocycles. The Kier molecular flexibility index (Phi) is 3.97. The first-order valence-corrected chi connectivity index (χ1v) is 7.29.